The fourth-order valence-corrected chi connectivity index (χ4v) is 3.78. The zero-order valence-corrected chi connectivity index (χ0v) is 16.2. The summed E-state index contributed by atoms with van der Waals surface area (Å²) < 4.78 is 11.9. The van der Waals surface area contributed by atoms with Crippen LogP contribution in [0.15, 0.2) is 66.7 Å². The Labute approximate surface area is 173 Å². The maximum atomic E-state index is 12.9. The lowest BCUT2D eigenvalue weighted by molar-refractivity contribution is 0.0872. The van der Waals surface area contributed by atoms with E-state index in [-0.39, 0.29) is 11.5 Å². The van der Waals surface area contributed by atoms with Gasteiger partial charge in [-0.25, -0.2) is 0 Å². The molecule has 2 aliphatic rings. The van der Waals surface area contributed by atoms with Crippen LogP contribution in [0.1, 0.15) is 27.0 Å². The van der Waals surface area contributed by atoms with E-state index in [9.17, 15) is 4.79 Å². The first kappa shape index (κ1) is 17.9. The highest BCUT2D eigenvalue weighted by molar-refractivity contribution is 6.32. The van der Waals surface area contributed by atoms with Gasteiger partial charge in [-0.3, -0.25) is 14.7 Å². The van der Waals surface area contributed by atoms with Crippen molar-refractivity contribution in [2.75, 3.05) is 6.73 Å². The molecule has 0 saturated heterocycles. The molecule has 0 aliphatic carbocycles. The van der Waals surface area contributed by atoms with Crippen LogP contribution in [0.3, 0.4) is 0 Å². The van der Waals surface area contributed by atoms with E-state index in [0.717, 1.165) is 22.4 Å². The molecule has 0 atom stereocenters. The van der Waals surface area contributed by atoms with E-state index in [1.165, 1.54) is 0 Å². The normalized spacial score (nSPS) is 16.9. The molecule has 0 spiro atoms. The molecule has 5 nitrogen and oxygen atoms in total. The largest absolute Gasteiger partial charge is 0.478 e. The van der Waals surface area contributed by atoms with Crippen molar-refractivity contribution in [1.82, 2.24) is 9.88 Å². The Balaban J connectivity index is 1.45. The third kappa shape index (κ3) is 3.39. The molecule has 0 radical (unpaired) electrons. The third-order valence-corrected chi connectivity index (χ3v) is 5.35. The standard InChI is InChI=1S/C23H17ClN2O3/c24-19-6-2-1-5-16(19)10-21-22(27)17-7-8-20-18(23(17)29-21)13-26(14-28-20)12-15-4-3-9-25-11-15/h1-11H,12-14H2/b21-10-. The molecule has 0 bridgehead atoms. The smallest absolute Gasteiger partial charge is 0.231 e. The van der Waals surface area contributed by atoms with Crippen LogP contribution in [0.2, 0.25) is 5.02 Å². The second-order valence-corrected chi connectivity index (χ2v) is 7.41. The van der Waals surface area contributed by atoms with Gasteiger partial charge in [0.2, 0.25) is 5.78 Å². The van der Waals surface area contributed by atoms with Crippen LogP contribution in [-0.2, 0) is 13.1 Å². The number of Topliss-reactive ketones (excluding diaryl/α,β-unsaturated/α-hetero) is 1. The molecule has 0 fully saturated rings. The lowest BCUT2D eigenvalue weighted by atomic mass is 10.0. The van der Waals surface area contributed by atoms with Crippen LogP contribution in [0.25, 0.3) is 6.08 Å². The molecule has 2 aromatic carbocycles. The van der Waals surface area contributed by atoms with Crippen LogP contribution >= 0.6 is 11.6 Å². The van der Waals surface area contributed by atoms with Gasteiger partial charge in [0.05, 0.1) is 11.1 Å². The van der Waals surface area contributed by atoms with Gasteiger partial charge in [0, 0.05) is 30.5 Å². The lowest BCUT2D eigenvalue weighted by Crippen LogP contribution is -2.31. The average Bonchev–Trinajstić information content (AvgIpc) is 3.06. The summed E-state index contributed by atoms with van der Waals surface area (Å²) in [5, 5.41) is 0.570. The summed E-state index contributed by atoms with van der Waals surface area (Å²) in [7, 11) is 0. The van der Waals surface area contributed by atoms with Crippen molar-refractivity contribution in [3.05, 3.63) is 94.0 Å². The Morgan fingerprint density at radius 2 is 2.03 bits per heavy atom. The number of aromatic nitrogens is 1. The summed E-state index contributed by atoms with van der Waals surface area (Å²) in [6, 6.07) is 14.9. The molecule has 5 rings (SSSR count). The highest BCUT2D eigenvalue weighted by atomic mass is 35.5. The summed E-state index contributed by atoms with van der Waals surface area (Å²) in [4.78, 5) is 19.2. The van der Waals surface area contributed by atoms with Crippen molar-refractivity contribution < 1.29 is 14.3 Å². The van der Waals surface area contributed by atoms with Crippen molar-refractivity contribution in [2.45, 2.75) is 13.1 Å². The number of halogens is 1. The highest BCUT2D eigenvalue weighted by Crippen LogP contribution is 2.42. The molecule has 0 unspecified atom stereocenters. The first-order valence-electron chi connectivity index (χ1n) is 9.28. The van der Waals surface area contributed by atoms with Gasteiger partial charge in [-0.15, -0.1) is 0 Å². The minimum absolute atomic E-state index is 0.146. The monoisotopic (exact) mass is 404 g/mol. The third-order valence-electron chi connectivity index (χ3n) is 5.00. The van der Waals surface area contributed by atoms with Crippen LogP contribution in [0.4, 0.5) is 0 Å². The van der Waals surface area contributed by atoms with Gasteiger partial charge in [-0.2, -0.15) is 0 Å². The maximum absolute atomic E-state index is 12.9. The molecule has 144 valence electrons. The van der Waals surface area contributed by atoms with E-state index in [2.05, 4.69) is 9.88 Å². The molecule has 3 aromatic rings. The summed E-state index contributed by atoms with van der Waals surface area (Å²) >= 11 is 6.23. The number of ether oxygens (including phenoxy) is 2. The van der Waals surface area contributed by atoms with Crippen molar-refractivity contribution in [1.29, 1.82) is 0 Å². The highest BCUT2D eigenvalue weighted by Gasteiger charge is 2.33. The van der Waals surface area contributed by atoms with Crippen molar-refractivity contribution in [3.8, 4) is 11.5 Å². The van der Waals surface area contributed by atoms with Gasteiger partial charge in [0.25, 0.3) is 0 Å². The molecule has 0 N–H and O–H groups in total. The number of ketones is 1. The van der Waals surface area contributed by atoms with Crippen LogP contribution in [0, 0.1) is 0 Å². The summed E-state index contributed by atoms with van der Waals surface area (Å²) in [6.45, 7) is 1.80. The van der Waals surface area contributed by atoms with Gasteiger partial charge >= 0.3 is 0 Å². The number of hydrogen-bond donors (Lipinski definition) is 0. The van der Waals surface area contributed by atoms with Gasteiger partial charge in [-0.05, 0) is 41.5 Å². The molecular weight excluding hydrogens is 388 g/mol. The molecule has 0 amide bonds. The fourth-order valence-electron chi connectivity index (χ4n) is 3.59. The van der Waals surface area contributed by atoms with Crippen LogP contribution in [-0.4, -0.2) is 22.4 Å². The Kier molecular flexibility index (Phi) is 4.54. The fraction of sp³-hybridized carbons (Fsp3) is 0.130. The van der Waals surface area contributed by atoms with Crippen LogP contribution < -0.4 is 9.47 Å². The second kappa shape index (κ2) is 7.35. The maximum Gasteiger partial charge on any atom is 0.231 e. The zero-order chi connectivity index (χ0) is 19.8. The Bertz CT molecular complexity index is 1130. The van der Waals surface area contributed by atoms with E-state index >= 15 is 0 Å². The molecule has 1 aromatic heterocycles. The number of benzene rings is 2. The first-order chi connectivity index (χ1) is 14.2. The summed E-state index contributed by atoms with van der Waals surface area (Å²) in [5.74, 6) is 1.44. The topological polar surface area (TPSA) is 51.7 Å². The predicted molar refractivity (Wildman–Crippen MR) is 110 cm³/mol. The SMILES string of the molecule is O=C1/C(=C/c2ccccc2Cl)Oc2c1ccc1c2CN(Cc2cccnc2)CO1. The second-order valence-electron chi connectivity index (χ2n) is 7.00. The van der Waals surface area contributed by atoms with E-state index in [1.807, 2.05) is 42.6 Å². The minimum Gasteiger partial charge on any atom is -0.478 e. The number of rotatable bonds is 3. The molecule has 3 heterocycles. The number of carbonyl (C=O) groups excluding carboxylic acids is 1. The summed E-state index contributed by atoms with van der Waals surface area (Å²) in [6.07, 6.45) is 5.29. The minimum atomic E-state index is -0.146. The number of allylic oxidation sites excluding steroid dienone is 1. The number of carbonyl (C=O) groups is 1. The predicted octanol–water partition coefficient (Wildman–Crippen LogP) is 4.70. The van der Waals surface area contributed by atoms with E-state index in [1.54, 1.807) is 24.4 Å². The van der Waals surface area contributed by atoms with E-state index in [0.29, 0.717) is 36.2 Å². The molecule has 6 heteroatoms. The zero-order valence-electron chi connectivity index (χ0n) is 15.5. The van der Waals surface area contributed by atoms with Crippen molar-refractivity contribution >= 4 is 23.5 Å². The molecule has 0 saturated carbocycles. The number of hydrogen-bond acceptors (Lipinski definition) is 5. The van der Waals surface area contributed by atoms with Crippen molar-refractivity contribution in [3.63, 3.8) is 0 Å². The number of fused-ring (bicyclic) bond motifs is 3. The van der Waals surface area contributed by atoms with Gasteiger partial charge in [0.15, 0.2) is 5.76 Å². The van der Waals surface area contributed by atoms with Crippen LogP contribution in [0.5, 0.6) is 11.5 Å². The molecule has 29 heavy (non-hydrogen) atoms. The molecular formula is C23H17ClN2O3. The van der Waals surface area contributed by atoms with Gasteiger partial charge in [-0.1, -0.05) is 35.9 Å². The number of pyridine rings is 1. The number of nitrogens with zero attached hydrogens (tertiary/aromatic N) is 2. The molecule has 2 aliphatic heterocycles. The Morgan fingerprint density at radius 1 is 1.14 bits per heavy atom. The Morgan fingerprint density at radius 3 is 2.86 bits per heavy atom. The first-order valence-corrected chi connectivity index (χ1v) is 9.65. The quantitative estimate of drug-likeness (QED) is 0.592. The van der Waals surface area contributed by atoms with E-state index < -0.39 is 0 Å². The van der Waals surface area contributed by atoms with Crippen molar-refractivity contribution in [2.24, 2.45) is 0 Å². The summed E-state index contributed by atoms with van der Waals surface area (Å²) in [5.41, 5.74) is 3.28. The van der Waals surface area contributed by atoms with Gasteiger partial charge < -0.3 is 9.47 Å². The Hall–Kier alpha value is -3.15. The lowest BCUT2D eigenvalue weighted by Gasteiger charge is -2.29. The average molecular weight is 405 g/mol. The van der Waals surface area contributed by atoms with Gasteiger partial charge in [0.1, 0.15) is 18.2 Å². The van der Waals surface area contributed by atoms with E-state index in [4.69, 9.17) is 21.1 Å².